The van der Waals surface area contributed by atoms with Crippen LogP contribution in [0.3, 0.4) is 0 Å². The summed E-state index contributed by atoms with van der Waals surface area (Å²) in [7, 11) is 3.70. The number of carbonyl (C=O) groups excluding carboxylic acids is 2. The molecule has 1 amide bonds. The highest BCUT2D eigenvalue weighted by molar-refractivity contribution is 5.81. The zero-order chi connectivity index (χ0) is 17.8. The lowest BCUT2D eigenvalue weighted by molar-refractivity contribution is -0.132. The molecule has 1 aromatic carbocycles. The Balaban J connectivity index is 1.58. The van der Waals surface area contributed by atoms with Crippen molar-refractivity contribution in [3.8, 4) is 5.75 Å². The minimum absolute atomic E-state index is 0.211. The van der Waals surface area contributed by atoms with Gasteiger partial charge in [0.05, 0.1) is 12.7 Å². The molecule has 3 rings (SSSR count). The average molecular weight is 345 g/mol. The lowest BCUT2D eigenvalue weighted by Crippen LogP contribution is -2.46. The van der Waals surface area contributed by atoms with E-state index in [1.807, 2.05) is 17.0 Å². The summed E-state index contributed by atoms with van der Waals surface area (Å²) >= 11 is 0. The van der Waals surface area contributed by atoms with E-state index in [-0.39, 0.29) is 5.91 Å². The van der Waals surface area contributed by atoms with E-state index >= 15 is 0 Å². The van der Waals surface area contributed by atoms with Gasteiger partial charge < -0.3 is 19.4 Å². The molecule has 2 aliphatic rings. The highest BCUT2D eigenvalue weighted by Crippen LogP contribution is 2.27. The van der Waals surface area contributed by atoms with E-state index in [1.54, 1.807) is 7.11 Å². The lowest BCUT2D eigenvalue weighted by Gasteiger charge is -2.33. The monoisotopic (exact) mass is 345 g/mol. The molecule has 0 radical (unpaired) electrons. The normalized spacial score (nSPS) is 18.7. The quantitative estimate of drug-likeness (QED) is 0.746. The fourth-order valence-corrected chi connectivity index (χ4v) is 3.57. The molecule has 25 heavy (non-hydrogen) atoms. The second kappa shape index (κ2) is 7.97. The standard InChI is InChI=1S/C19H27N3O3/c1-20-7-9-21(10-8-20)5-4-19(24)22-6-3-15-11-17(14-23)18(25-2)12-16(15)13-22/h11-12,14H,3-10,13H2,1-2H3. The van der Waals surface area contributed by atoms with Crippen LogP contribution in [0.5, 0.6) is 5.75 Å². The van der Waals surface area contributed by atoms with Gasteiger partial charge in [-0.25, -0.2) is 0 Å². The van der Waals surface area contributed by atoms with Crippen molar-refractivity contribution in [2.75, 3.05) is 53.4 Å². The number of amides is 1. The van der Waals surface area contributed by atoms with Crippen molar-refractivity contribution >= 4 is 12.2 Å². The first kappa shape index (κ1) is 17.9. The Morgan fingerprint density at radius 3 is 2.60 bits per heavy atom. The Morgan fingerprint density at radius 1 is 1.16 bits per heavy atom. The molecule has 2 aliphatic heterocycles. The molecule has 0 unspecified atom stereocenters. The van der Waals surface area contributed by atoms with Crippen LogP contribution < -0.4 is 4.74 Å². The summed E-state index contributed by atoms with van der Waals surface area (Å²) in [4.78, 5) is 30.4. The van der Waals surface area contributed by atoms with Crippen LogP contribution in [-0.2, 0) is 17.8 Å². The third-order valence-electron chi connectivity index (χ3n) is 5.28. The van der Waals surface area contributed by atoms with Gasteiger partial charge in [0, 0.05) is 52.2 Å². The van der Waals surface area contributed by atoms with Crippen molar-refractivity contribution in [2.45, 2.75) is 19.4 Å². The van der Waals surface area contributed by atoms with Crippen LogP contribution >= 0.6 is 0 Å². The summed E-state index contributed by atoms with van der Waals surface area (Å²) < 4.78 is 5.29. The molecule has 0 bridgehead atoms. The molecule has 2 heterocycles. The molecule has 1 saturated heterocycles. The number of likely N-dealkylation sites (N-methyl/N-ethyl adjacent to an activating group) is 1. The smallest absolute Gasteiger partial charge is 0.224 e. The topological polar surface area (TPSA) is 53.1 Å². The molecule has 136 valence electrons. The van der Waals surface area contributed by atoms with Gasteiger partial charge in [-0.3, -0.25) is 9.59 Å². The predicted molar refractivity (Wildman–Crippen MR) is 96.1 cm³/mol. The Labute approximate surface area is 149 Å². The number of aldehydes is 1. The fraction of sp³-hybridized carbons (Fsp3) is 0.579. The third kappa shape index (κ3) is 4.19. The number of piperazine rings is 1. The molecule has 1 fully saturated rings. The van der Waals surface area contributed by atoms with Gasteiger partial charge in [-0.15, -0.1) is 0 Å². The Bertz CT molecular complexity index is 639. The molecular weight excluding hydrogens is 318 g/mol. The Hall–Kier alpha value is -1.92. The van der Waals surface area contributed by atoms with Crippen LogP contribution in [0.2, 0.25) is 0 Å². The van der Waals surface area contributed by atoms with Crippen LogP contribution in [0.4, 0.5) is 0 Å². The zero-order valence-corrected chi connectivity index (χ0v) is 15.2. The summed E-state index contributed by atoms with van der Waals surface area (Å²) in [5.74, 6) is 0.795. The molecule has 0 aromatic heterocycles. The minimum Gasteiger partial charge on any atom is -0.496 e. The van der Waals surface area contributed by atoms with Crippen molar-refractivity contribution in [1.82, 2.24) is 14.7 Å². The van der Waals surface area contributed by atoms with E-state index in [9.17, 15) is 9.59 Å². The lowest BCUT2D eigenvalue weighted by atomic mass is 9.96. The maximum atomic E-state index is 12.6. The highest BCUT2D eigenvalue weighted by atomic mass is 16.5. The second-order valence-electron chi connectivity index (χ2n) is 6.94. The van der Waals surface area contributed by atoms with E-state index in [4.69, 9.17) is 4.74 Å². The zero-order valence-electron chi connectivity index (χ0n) is 15.2. The van der Waals surface area contributed by atoms with Crippen LogP contribution in [0.25, 0.3) is 0 Å². The van der Waals surface area contributed by atoms with Crippen molar-refractivity contribution in [1.29, 1.82) is 0 Å². The first-order valence-corrected chi connectivity index (χ1v) is 8.94. The molecule has 1 aromatic rings. The molecule has 0 spiro atoms. The van der Waals surface area contributed by atoms with Crippen molar-refractivity contribution in [2.24, 2.45) is 0 Å². The van der Waals surface area contributed by atoms with E-state index in [0.29, 0.717) is 24.3 Å². The number of carbonyl (C=O) groups is 2. The number of ether oxygens (including phenoxy) is 1. The van der Waals surface area contributed by atoms with Gasteiger partial charge >= 0.3 is 0 Å². The Morgan fingerprint density at radius 2 is 1.92 bits per heavy atom. The number of hydrogen-bond acceptors (Lipinski definition) is 5. The van der Waals surface area contributed by atoms with Crippen LogP contribution in [0, 0.1) is 0 Å². The van der Waals surface area contributed by atoms with Gasteiger partial charge in [0.15, 0.2) is 6.29 Å². The van der Waals surface area contributed by atoms with Crippen LogP contribution in [0.1, 0.15) is 27.9 Å². The summed E-state index contributed by atoms with van der Waals surface area (Å²) in [6, 6.07) is 3.80. The van der Waals surface area contributed by atoms with Crippen molar-refractivity contribution in [3.63, 3.8) is 0 Å². The maximum absolute atomic E-state index is 12.6. The van der Waals surface area contributed by atoms with Crippen LogP contribution in [-0.4, -0.2) is 80.3 Å². The van der Waals surface area contributed by atoms with Gasteiger partial charge in [-0.2, -0.15) is 0 Å². The van der Waals surface area contributed by atoms with Gasteiger partial charge in [-0.1, -0.05) is 0 Å². The van der Waals surface area contributed by atoms with E-state index in [1.165, 1.54) is 0 Å². The minimum atomic E-state index is 0.211. The number of methoxy groups -OCH3 is 1. The molecule has 0 atom stereocenters. The third-order valence-corrected chi connectivity index (χ3v) is 5.28. The molecule has 0 saturated carbocycles. The summed E-state index contributed by atoms with van der Waals surface area (Å²) in [5.41, 5.74) is 2.81. The Kier molecular flexibility index (Phi) is 5.71. The molecule has 6 nitrogen and oxygen atoms in total. The first-order chi connectivity index (χ1) is 12.1. The summed E-state index contributed by atoms with van der Waals surface area (Å²) in [6.45, 7) is 6.39. The average Bonchev–Trinajstić information content (AvgIpc) is 2.65. The predicted octanol–water partition coefficient (Wildman–Crippen LogP) is 1.03. The second-order valence-corrected chi connectivity index (χ2v) is 6.94. The number of rotatable bonds is 5. The SMILES string of the molecule is COc1cc2c(cc1C=O)CCN(C(=O)CCN1CCN(C)CC1)C2. The van der Waals surface area contributed by atoms with Gasteiger partial charge in [0.1, 0.15) is 5.75 Å². The number of benzene rings is 1. The van der Waals surface area contributed by atoms with Crippen molar-refractivity contribution in [3.05, 3.63) is 28.8 Å². The van der Waals surface area contributed by atoms with Gasteiger partial charge in [-0.05, 0) is 36.7 Å². The molecule has 6 heteroatoms. The number of hydrogen-bond donors (Lipinski definition) is 0. The fourth-order valence-electron chi connectivity index (χ4n) is 3.57. The molecular formula is C19H27N3O3. The van der Waals surface area contributed by atoms with Crippen LogP contribution in [0.15, 0.2) is 12.1 Å². The molecule has 0 N–H and O–H groups in total. The van der Waals surface area contributed by atoms with E-state index < -0.39 is 0 Å². The van der Waals surface area contributed by atoms with E-state index in [0.717, 1.165) is 63.1 Å². The van der Waals surface area contributed by atoms with Gasteiger partial charge in [0.2, 0.25) is 5.91 Å². The first-order valence-electron chi connectivity index (χ1n) is 8.94. The largest absolute Gasteiger partial charge is 0.496 e. The summed E-state index contributed by atoms with van der Waals surface area (Å²) in [6.07, 6.45) is 2.19. The summed E-state index contributed by atoms with van der Waals surface area (Å²) in [5, 5.41) is 0. The number of nitrogens with zero attached hydrogens (tertiary/aromatic N) is 3. The maximum Gasteiger partial charge on any atom is 0.224 e. The molecule has 0 aliphatic carbocycles. The number of fused-ring (bicyclic) bond motifs is 1. The highest BCUT2D eigenvalue weighted by Gasteiger charge is 2.23. The van der Waals surface area contributed by atoms with Gasteiger partial charge in [0.25, 0.3) is 0 Å². The van der Waals surface area contributed by atoms with Crippen molar-refractivity contribution < 1.29 is 14.3 Å². The van der Waals surface area contributed by atoms with E-state index in [2.05, 4.69) is 16.8 Å².